The van der Waals surface area contributed by atoms with Gasteiger partial charge >= 0.3 is 0 Å². The second-order valence-electron chi connectivity index (χ2n) is 8.19. The van der Waals surface area contributed by atoms with E-state index in [0.717, 1.165) is 48.4 Å². The Balaban J connectivity index is 1.52. The summed E-state index contributed by atoms with van der Waals surface area (Å²) in [5.74, 6) is 0.125. The van der Waals surface area contributed by atoms with Gasteiger partial charge in [0.15, 0.2) is 6.61 Å². The van der Waals surface area contributed by atoms with E-state index in [1.54, 1.807) is 0 Å². The summed E-state index contributed by atoms with van der Waals surface area (Å²) in [6.07, 6.45) is 3.21. The predicted molar refractivity (Wildman–Crippen MR) is 135 cm³/mol. The highest BCUT2D eigenvalue weighted by Crippen LogP contribution is 2.37. The second kappa shape index (κ2) is 11.8. The van der Waals surface area contributed by atoms with Gasteiger partial charge in [0, 0.05) is 30.3 Å². The molecule has 7 heteroatoms. The lowest BCUT2D eigenvalue weighted by atomic mass is 10.1. The molecule has 0 spiro atoms. The van der Waals surface area contributed by atoms with Crippen molar-refractivity contribution in [2.75, 3.05) is 31.6 Å². The number of hydrogen-bond acceptors (Lipinski definition) is 5. The van der Waals surface area contributed by atoms with Crippen LogP contribution in [0.25, 0.3) is 10.4 Å². The van der Waals surface area contributed by atoms with Crippen LogP contribution in [0.1, 0.15) is 41.4 Å². The van der Waals surface area contributed by atoms with Crippen LogP contribution in [0, 0.1) is 0 Å². The first-order valence-corrected chi connectivity index (χ1v) is 12.5. The molecule has 0 unspecified atom stereocenters. The number of rotatable bonds is 9. The fraction of sp³-hybridized carbons (Fsp3) is 0.333. The lowest BCUT2D eigenvalue weighted by Gasteiger charge is -2.26. The van der Waals surface area contributed by atoms with Crippen molar-refractivity contribution in [3.05, 3.63) is 71.1 Å². The smallest absolute Gasteiger partial charge is 0.269 e. The Kier molecular flexibility index (Phi) is 8.33. The van der Waals surface area contributed by atoms with Crippen molar-refractivity contribution in [1.29, 1.82) is 0 Å². The molecule has 3 aromatic rings. The van der Waals surface area contributed by atoms with Crippen LogP contribution < -0.4 is 10.1 Å². The van der Waals surface area contributed by atoms with Gasteiger partial charge in [0.2, 0.25) is 0 Å². The number of ether oxygens (including phenoxy) is 2. The van der Waals surface area contributed by atoms with Crippen LogP contribution in [0.2, 0.25) is 0 Å². The Morgan fingerprint density at radius 3 is 2.56 bits per heavy atom. The lowest BCUT2D eigenvalue weighted by Crippen LogP contribution is -2.38. The van der Waals surface area contributed by atoms with Gasteiger partial charge in [-0.3, -0.25) is 9.59 Å². The zero-order valence-electron chi connectivity index (χ0n) is 19.4. The van der Waals surface area contributed by atoms with Crippen LogP contribution in [-0.2, 0) is 16.1 Å². The van der Waals surface area contributed by atoms with Crippen molar-refractivity contribution >= 4 is 28.8 Å². The Morgan fingerprint density at radius 2 is 1.79 bits per heavy atom. The van der Waals surface area contributed by atoms with E-state index in [9.17, 15) is 9.59 Å². The first-order chi connectivity index (χ1) is 16.6. The molecule has 1 fully saturated rings. The van der Waals surface area contributed by atoms with E-state index < -0.39 is 0 Å². The molecule has 0 saturated carbocycles. The summed E-state index contributed by atoms with van der Waals surface area (Å²) in [6, 6.07) is 19.3. The largest absolute Gasteiger partial charge is 0.482 e. The van der Waals surface area contributed by atoms with Crippen molar-refractivity contribution in [1.82, 2.24) is 4.90 Å². The zero-order valence-corrected chi connectivity index (χ0v) is 20.2. The third-order valence-corrected chi connectivity index (χ3v) is 6.84. The molecule has 0 radical (unpaired) electrons. The van der Waals surface area contributed by atoms with Crippen molar-refractivity contribution in [3.63, 3.8) is 0 Å². The highest BCUT2D eigenvalue weighted by Gasteiger charge is 2.22. The number of hydrogen-bond donors (Lipinski definition) is 1. The standard InChI is InChI=1S/C27H30N2O4S/c1-2-32-18-20-10-9-13-22(16-20)28-27(31)26-23(17-24(34-26)21-11-5-3-6-12-21)33-19-25(30)29-14-7-4-8-15-29/h3,5-6,9-13,16-17H,2,4,7-8,14-15,18-19H2,1H3,(H,28,31). The minimum Gasteiger partial charge on any atom is -0.482 e. The molecule has 0 atom stereocenters. The molecule has 2 aromatic carbocycles. The maximum Gasteiger partial charge on any atom is 0.269 e. The summed E-state index contributed by atoms with van der Waals surface area (Å²) in [5, 5.41) is 2.97. The monoisotopic (exact) mass is 478 g/mol. The van der Waals surface area contributed by atoms with E-state index in [-0.39, 0.29) is 18.4 Å². The van der Waals surface area contributed by atoms with Crippen molar-refractivity contribution in [2.45, 2.75) is 32.8 Å². The summed E-state index contributed by atoms with van der Waals surface area (Å²) in [5.41, 5.74) is 2.67. The van der Waals surface area contributed by atoms with Gasteiger partial charge in [-0.2, -0.15) is 0 Å². The fourth-order valence-corrected chi connectivity index (χ4v) is 4.91. The molecule has 178 valence electrons. The SMILES string of the molecule is CCOCc1cccc(NC(=O)c2sc(-c3ccccc3)cc2OCC(=O)N2CCCCC2)c1. The molecule has 2 amide bonds. The van der Waals surface area contributed by atoms with Crippen LogP contribution in [0.5, 0.6) is 5.75 Å². The van der Waals surface area contributed by atoms with Crippen LogP contribution in [0.15, 0.2) is 60.7 Å². The van der Waals surface area contributed by atoms with Crippen molar-refractivity contribution in [2.24, 2.45) is 0 Å². The number of likely N-dealkylation sites (tertiary alicyclic amines) is 1. The number of carbonyl (C=O) groups is 2. The lowest BCUT2D eigenvalue weighted by molar-refractivity contribution is -0.134. The van der Waals surface area contributed by atoms with Crippen LogP contribution in [0.4, 0.5) is 5.69 Å². The number of benzene rings is 2. The topological polar surface area (TPSA) is 67.9 Å². The summed E-state index contributed by atoms with van der Waals surface area (Å²) < 4.78 is 11.4. The second-order valence-corrected chi connectivity index (χ2v) is 9.24. The minimum atomic E-state index is -0.263. The third kappa shape index (κ3) is 6.24. The quantitative estimate of drug-likeness (QED) is 0.435. The number of nitrogens with zero attached hydrogens (tertiary/aromatic N) is 1. The minimum absolute atomic E-state index is 0.0397. The number of nitrogens with one attached hydrogen (secondary N) is 1. The number of thiophene rings is 1. The van der Waals surface area contributed by atoms with Gasteiger partial charge in [-0.05, 0) is 55.5 Å². The highest BCUT2D eigenvalue weighted by molar-refractivity contribution is 7.17. The van der Waals surface area contributed by atoms with Gasteiger partial charge in [0.25, 0.3) is 11.8 Å². The molecule has 34 heavy (non-hydrogen) atoms. The Bertz CT molecular complexity index is 1110. The normalized spacial score (nSPS) is 13.5. The number of anilines is 1. The van der Waals surface area contributed by atoms with Gasteiger partial charge in [0.05, 0.1) is 6.61 Å². The van der Waals surface area contributed by atoms with Crippen LogP contribution in [-0.4, -0.2) is 43.0 Å². The molecular formula is C27H30N2O4S. The molecular weight excluding hydrogens is 448 g/mol. The van der Waals surface area contributed by atoms with Gasteiger partial charge in [-0.15, -0.1) is 11.3 Å². The molecule has 1 N–H and O–H groups in total. The Morgan fingerprint density at radius 1 is 1.00 bits per heavy atom. The molecule has 1 saturated heterocycles. The molecule has 4 rings (SSSR count). The van der Waals surface area contributed by atoms with Gasteiger partial charge in [-0.25, -0.2) is 0 Å². The summed E-state index contributed by atoms with van der Waals surface area (Å²) in [4.78, 5) is 29.1. The molecule has 2 heterocycles. The van der Waals surface area contributed by atoms with Crippen molar-refractivity contribution < 1.29 is 19.1 Å². The van der Waals surface area contributed by atoms with E-state index in [4.69, 9.17) is 9.47 Å². The number of amides is 2. The first kappa shape index (κ1) is 24.0. The number of carbonyl (C=O) groups excluding carboxylic acids is 2. The summed E-state index contributed by atoms with van der Waals surface area (Å²) >= 11 is 1.36. The Hall–Kier alpha value is -3.16. The van der Waals surface area contributed by atoms with Crippen LogP contribution in [0.3, 0.4) is 0 Å². The van der Waals surface area contributed by atoms with Gasteiger partial charge < -0.3 is 19.7 Å². The predicted octanol–water partition coefficient (Wildman–Crippen LogP) is 5.60. The van der Waals surface area contributed by atoms with E-state index >= 15 is 0 Å². The van der Waals surface area contributed by atoms with E-state index in [1.165, 1.54) is 11.3 Å². The summed E-state index contributed by atoms with van der Waals surface area (Å²) in [6.45, 7) is 4.54. The maximum atomic E-state index is 13.2. The fourth-order valence-electron chi connectivity index (χ4n) is 3.91. The highest BCUT2D eigenvalue weighted by atomic mass is 32.1. The van der Waals surface area contributed by atoms with Gasteiger partial charge in [-0.1, -0.05) is 42.5 Å². The van der Waals surface area contributed by atoms with Gasteiger partial charge in [0.1, 0.15) is 10.6 Å². The number of piperidine rings is 1. The Labute approximate surface area is 204 Å². The molecule has 1 aliphatic rings. The van der Waals surface area contributed by atoms with E-state index in [2.05, 4.69) is 5.32 Å². The molecule has 1 aliphatic heterocycles. The first-order valence-electron chi connectivity index (χ1n) is 11.7. The average Bonchev–Trinajstić information content (AvgIpc) is 3.32. The average molecular weight is 479 g/mol. The molecule has 1 aromatic heterocycles. The van der Waals surface area contributed by atoms with E-state index in [0.29, 0.717) is 29.5 Å². The molecule has 6 nitrogen and oxygen atoms in total. The van der Waals surface area contributed by atoms with Crippen LogP contribution >= 0.6 is 11.3 Å². The molecule has 0 aliphatic carbocycles. The van der Waals surface area contributed by atoms with E-state index in [1.807, 2.05) is 72.5 Å². The van der Waals surface area contributed by atoms with Crippen molar-refractivity contribution in [3.8, 4) is 16.2 Å². The maximum absolute atomic E-state index is 13.2. The summed E-state index contributed by atoms with van der Waals surface area (Å²) in [7, 11) is 0. The third-order valence-electron chi connectivity index (χ3n) is 5.68. The molecule has 0 bridgehead atoms. The zero-order chi connectivity index (χ0) is 23.8.